The highest BCUT2D eigenvalue weighted by Crippen LogP contribution is 2.32. The van der Waals surface area contributed by atoms with E-state index in [0.29, 0.717) is 36.1 Å². The first-order chi connectivity index (χ1) is 10.1. The summed E-state index contributed by atoms with van der Waals surface area (Å²) in [6.07, 6.45) is 0. The van der Waals surface area contributed by atoms with Crippen molar-refractivity contribution in [3.63, 3.8) is 0 Å². The van der Waals surface area contributed by atoms with E-state index in [2.05, 4.69) is 5.32 Å². The molecule has 0 radical (unpaired) electrons. The Morgan fingerprint density at radius 3 is 2.67 bits per heavy atom. The summed E-state index contributed by atoms with van der Waals surface area (Å²) >= 11 is 0. The molecule has 2 aromatic rings. The number of ether oxygens (including phenoxy) is 2. The number of carbonyl (C=O) groups is 1. The number of nitrogen functional groups attached to an aromatic ring is 1. The van der Waals surface area contributed by atoms with E-state index >= 15 is 0 Å². The van der Waals surface area contributed by atoms with Gasteiger partial charge in [0, 0.05) is 17.4 Å². The fraction of sp³-hybridized carbons (Fsp3) is 0.133. The lowest BCUT2D eigenvalue weighted by Crippen LogP contribution is -2.17. The van der Waals surface area contributed by atoms with E-state index in [1.807, 2.05) is 0 Å². The molecular formula is C15H13FN2O3. The second kappa shape index (κ2) is 5.32. The van der Waals surface area contributed by atoms with Gasteiger partial charge < -0.3 is 20.5 Å². The summed E-state index contributed by atoms with van der Waals surface area (Å²) in [5.41, 5.74) is 6.27. The molecule has 0 aromatic heterocycles. The third-order valence-electron chi connectivity index (χ3n) is 3.04. The average Bonchev–Trinajstić information content (AvgIpc) is 2.49. The molecule has 3 rings (SSSR count). The van der Waals surface area contributed by atoms with Crippen LogP contribution >= 0.6 is 0 Å². The second-order valence-corrected chi connectivity index (χ2v) is 4.55. The lowest BCUT2D eigenvalue weighted by atomic mass is 10.1. The summed E-state index contributed by atoms with van der Waals surface area (Å²) in [7, 11) is 0. The van der Waals surface area contributed by atoms with Gasteiger partial charge in [0.05, 0.1) is 5.56 Å². The van der Waals surface area contributed by atoms with Gasteiger partial charge in [0.2, 0.25) is 0 Å². The van der Waals surface area contributed by atoms with Crippen molar-refractivity contribution >= 4 is 17.3 Å². The smallest absolute Gasteiger partial charge is 0.258 e. The zero-order valence-electron chi connectivity index (χ0n) is 11.1. The van der Waals surface area contributed by atoms with Gasteiger partial charge in [0.1, 0.15) is 19.0 Å². The molecule has 1 heterocycles. The maximum Gasteiger partial charge on any atom is 0.258 e. The van der Waals surface area contributed by atoms with Gasteiger partial charge in [-0.05, 0) is 30.3 Å². The molecule has 108 valence electrons. The Kier molecular flexibility index (Phi) is 3.35. The van der Waals surface area contributed by atoms with Crippen LogP contribution in [0.1, 0.15) is 10.4 Å². The van der Waals surface area contributed by atoms with Crippen molar-refractivity contribution in [3.05, 3.63) is 47.8 Å². The zero-order chi connectivity index (χ0) is 14.8. The Balaban J connectivity index is 1.83. The van der Waals surface area contributed by atoms with Crippen LogP contribution in [0.3, 0.4) is 0 Å². The number of amides is 1. The maximum atomic E-state index is 13.6. The summed E-state index contributed by atoms with van der Waals surface area (Å²) in [5, 5.41) is 2.61. The van der Waals surface area contributed by atoms with Gasteiger partial charge in [0.15, 0.2) is 11.5 Å². The number of halogens is 1. The third kappa shape index (κ3) is 2.74. The summed E-state index contributed by atoms with van der Waals surface area (Å²) in [6.45, 7) is 0.946. The van der Waals surface area contributed by atoms with Crippen molar-refractivity contribution in [2.75, 3.05) is 24.3 Å². The number of nitrogens with two attached hydrogens (primary N) is 1. The number of rotatable bonds is 2. The Labute approximate surface area is 120 Å². The van der Waals surface area contributed by atoms with E-state index < -0.39 is 11.7 Å². The molecule has 5 nitrogen and oxygen atoms in total. The molecule has 0 saturated carbocycles. The molecule has 1 amide bonds. The van der Waals surface area contributed by atoms with Gasteiger partial charge in [-0.15, -0.1) is 0 Å². The molecule has 0 aliphatic carbocycles. The standard InChI is InChI=1S/C15H13FN2O3/c16-12-3-1-9(17)7-11(12)15(19)18-10-2-4-13-14(8-10)21-6-5-20-13/h1-4,7-8H,5-6,17H2,(H,18,19). The molecule has 6 heteroatoms. The van der Waals surface area contributed by atoms with Gasteiger partial charge >= 0.3 is 0 Å². The number of benzene rings is 2. The van der Waals surface area contributed by atoms with Crippen LogP contribution in [0.15, 0.2) is 36.4 Å². The molecule has 21 heavy (non-hydrogen) atoms. The number of anilines is 2. The normalized spacial score (nSPS) is 12.8. The quantitative estimate of drug-likeness (QED) is 0.832. The molecule has 1 aliphatic rings. The second-order valence-electron chi connectivity index (χ2n) is 4.55. The lowest BCUT2D eigenvalue weighted by Gasteiger charge is -2.19. The van der Waals surface area contributed by atoms with E-state index in [0.717, 1.165) is 6.07 Å². The lowest BCUT2D eigenvalue weighted by molar-refractivity contribution is 0.102. The Morgan fingerprint density at radius 2 is 1.86 bits per heavy atom. The predicted octanol–water partition coefficient (Wildman–Crippen LogP) is 2.43. The highest BCUT2D eigenvalue weighted by atomic mass is 19.1. The summed E-state index contributed by atoms with van der Waals surface area (Å²) in [5.74, 6) is -0.0304. The van der Waals surface area contributed by atoms with E-state index in [4.69, 9.17) is 15.2 Å². The highest BCUT2D eigenvalue weighted by molar-refractivity contribution is 6.05. The fourth-order valence-electron chi connectivity index (χ4n) is 2.04. The van der Waals surface area contributed by atoms with Gasteiger partial charge in [-0.2, -0.15) is 0 Å². The summed E-state index contributed by atoms with van der Waals surface area (Å²) in [6, 6.07) is 8.85. The first kappa shape index (κ1) is 13.2. The van der Waals surface area contributed by atoms with Crippen LogP contribution in [0.5, 0.6) is 11.5 Å². The molecule has 1 aliphatic heterocycles. The Hall–Kier alpha value is -2.76. The third-order valence-corrected chi connectivity index (χ3v) is 3.04. The Bertz CT molecular complexity index is 703. The van der Waals surface area contributed by atoms with E-state index in [-0.39, 0.29) is 5.56 Å². The van der Waals surface area contributed by atoms with Crippen molar-refractivity contribution in [2.45, 2.75) is 0 Å². The van der Waals surface area contributed by atoms with Crippen LogP contribution in [0.4, 0.5) is 15.8 Å². The number of hydrogen-bond acceptors (Lipinski definition) is 4. The van der Waals surface area contributed by atoms with Gasteiger partial charge in [-0.3, -0.25) is 4.79 Å². The number of carbonyl (C=O) groups excluding carboxylic acids is 1. The van der Waals surface area contributed by atoms with Gasteiger partial charge in [-0.25, -0.2) is 4.39 Å². The van der Waals surface area contributed by atoms with Crippen LogP contribution in [-0.4, -0.2) is 19.1 Å². The molecule has 2 aromatic carbocycles. The monoisotopic (exact) mass is 288 g/mol. The van der Waals surface area contributed by atoms with E-state index in [9.17, 15) is 9.18 Å². The largest absolute Gasteiger partial charge is 0.486 e. The minimum Gasteiger partial charge on any atom is -0.486 e. The summed E-state index contributed by atoms with van der Waals surface area (Å²) in [4.78, 5) is 12.1. The average molecular weight is 288 g/mol. The molecule has 3 N–H and O–H groups in total. The van der Waals surface area contributed by atoms with Crippen molar-refractivity contribution in [3.8, 4) is 11.5 Å². The van der Waals surface area contributed by atoms with Crippen molar-refractivity contribution in [2.24, 2.45) is 0 Å². The van der Waals surface area contributed by atoms with E-state index in [1.165, 1.54) is 12.1 Å². The molecular weight excluding hydrogens is 275 g/mol. The molecule has 0 fully saturated rings. The minimum absolute atomic E-state index is 0.107. The number of hydrogen-bond donors (Lipinski definition) is 2. The SMILES string of the molecule is Nc1ccc(F)c(C(=O)Nc2ccc3c(c2)OCCO3)c1. The van der Waals surface area contributed by atoms with Crippen LogP contribution in [-0.2, 0) is 0 Å². The molecule has 0 spiro atoms. The van der Waals surface area contributed by atoms with Crippen LogP contribution in [0, 0.1) is 5.82 Å². The molecule has 0 unspecified atom stereocenters. The minimum atomic E-state index is -0.626. The van der Waals surface area contributed by atoms with Crippen molar-refractivity contribution in [1.29, 1.82) is 0 Å². The number of fused-ring (bicyclic) bond motifs is 1. The van der Waals surface area contributed by atoms with Gasteiger partial charge in [-0.1, -0.05) is 0 Å². The van der Waals surface area contributed by atoms with Crippen LogP contribution in [0.25, 0.3) is 0 Å². The topological polar surface area (TPSA) is 73.6 Å². The predicted molar refractivity (Wildman–Crippen MR) is 76.2 cm³/mol. The van der Waals surface area contributed by atoms with Gasteiger partial charge in [0.25, 0.3) is 5.91 Å². The first-order valence-corrected chi connectivity index (χ1v) is 6.39. The zero-order valence-corrected chi connectivity index (χ0v) is 11.1. The molecule has 0 saturated heterocycles. The van der Waals surface area contributed by atoms with Crippen LogP contribution in [0.2, 0.25) is 0 Å². The van der Waals surface area contributed by atoms with Crippen molar-refractivity contribution < 1.29 is 18.7 Å². The number of nitrogens with one attached hydrogen (secondary N) is 1. The van der Waals surface area contributed by atoms with E-state index in [1.54, 1.807) is 18.2 Å². The Morgan fingerprint density at radius 1 is 1.10 bits per heavy atom. The maximum absolute atomic E-state index is 13.6. The molecule has 0 bridgehead atoms. The highest BCUT2D eigenvalue weighted by Gasteiger charge is 2.15. The van der Waals surface area contributed by atoms with Crippen LogP contribution < -0.4 is 20.5 Å². The molecule has 0 atom stereocenters. The fourth-order valence-corrected chi connectivity index (χ4v) is 2.04. The first-order valence-electron chi connectivity index (χ1n) is 6.39. The van der Waals surface area contributed by atoms with Crippen molar-refractivity contribution in [1.82, 2.24) is 0 Å². The summed E-state index contributed by atoms with van der Waals surface area (Å²) < 4.78 is 24.4.